The van der Waals surface area contributed by atoms with Crippen LogP contribution in [-0.2, 0) is 0 Å². The van der Waals surface area contributed by atoms with Gasteiger partial charge in [-0.2, -0.15) is 0 Å². The lowest BCUT2D eigenvalue weighted by molar-refractivity contribution is 1.28. The van der Waals surface area contributed by atoms with Crippen LogP contribution in [0.5, 0.6) is 0 Å². The zero-order valence-corrected chi connectivity index (χ0v) is 10.0. The Morgan fingerprint density at radius 3 is 2.60 bits per heavy atom. The lowest BCUT2D eigenvalue weighted by Crippen LogP contribution is -2.01. The predicted molar refractivity (Wildman–Crippen MR) is 71.7 cm³/mol. The minimum atomic E-state index is 0.571. The van der Waals surface area contributed by atoms with Crippen LogP contribution in [0.15, 0.2) is 58.0 Å². The van der Waals surface area contributed by atoms with Crippen LogP contribution in [-0.4, -0.2) is 7.28 Å². The molecule has 1 rings (SSSR count). The van der Waals surface area contributed by atoms with Gasteiger partial charge >= 0.3 is 0 Å². The van der Waals surface area contributed by atoms with Crippen LogP contribution in [0.3, 0.4) is 0 Å². The van der Waals surface area contributed by atoms with Crippen LogP contribution in [0.2, 0.25) is 0 Å². The molecule has 1 aliphatic rings. The third-order valence-electron chi connectivity index (χ3n) is 2.20. The van der Waals surface area contributed by atoms with E-state index in [-0.39, 0.29) is 0 Å². The number of nitrogens with two attached hydrogens (primary N) is 1. The third kappa shape index (κ3) is 3.20. The highest BCUT2D eigenvalue weighted by Crippen LogP contribution is 2.23. The van der Waals surface area contributed by atoms with E-state index in [1.807, 2.05) is 33.2 Å². The summed E-state index contributed by atoms with van der Waals surface area (Å²) in [6.07, 6.45) is 3.99. The number of hydrogen-bond donors (Lipinski definition) is 2. The fraction of sp³-hybridized carbons (Fsp3) is 0.167. The van der Waals surface area contributed by atoms with Gasteiger partial charge in [-0.1, -0.05) is 12.7 Å². The standard InChI is InChI=1S/C12H15BNS/c1-8(15)6-12(10(3)14)9(2)11-4-5-13-7-11/h4-7,15H,3,14H2,1-2H3/b8-6+,12-9-. The van der Waals surface area contributed by atoms with Crippen LogP contribution in [0.1, 0.15) is 13.8 Å². The normalized spacial score (nSPS) is 17.0. The van der Waals surface area contributed by atoms with Crippen molar-refractivity contribution in [1.29, 1.82) is 0 Å². The van der Waals surface area contributed by atoms with Crippen molar-refractivity contribution in [3.63, 3.8) is 0 Å². The molecule has 0 aromatic heterocycles. The van der Waals surface area contributed by atoms with Gasteiger partial charge in [-0.25, -0.2) is 0 Å². The largest absolute Gasteiger partial charge is 0.399 e. The van der Waals surface area contributed by atoms with E-state index < -0.39 is 0 Å². The monoisotopic (exact) mass is 216 g/mol. The van der Waals surface area contributed by atoms with Crippen molar-refractivity contribution in [3.8, 4) is 0 Å². The SMILES string of the molecule is C=C(N)C(/C=C(\C)S)=C(/C)C1=C[B]C=C1. The lowest BCUT2D eigenvalue weighted by atomic mass is 9.81. The highest BCUT2D eigenvalue weighted by atomic mass is 32.1. The summed E-state index contributed by atoms with van der Waals surface area (Å²) in [6, 6.07) is 0. The van der Waals surface area contributed by atoms with Gasteiger partial charge in [0.25, 0.3) is 0 Å². The molecule has 1 radical (unpaired) electrons. The van der Waals surface area contributed by atoms with Crippen molar-refractivity contribution in [2.24, 2.45) is 5.73 Å². The molecule has 0 aromatic carbocycles. The Hall–Kier alpha value is -1.09. The average Bonchev–Trinajstić information content (AvgIpc) is 2.65. The number of thiol groups is 1. The van der Waals surface area contributed by atoms with Gasteiger partial charge in [0, 0.05) is 11.3 Å². The topological polar surface area (TPSA) is 26.0 Å². The molecule has 0 saturated carbocycles. The van der Waals surface area contributed by atoms with E-state index in [9.17, 15) is 0 Å². The molecular weight excluding hydrogens is 201 g/mol. The van der Waals surface area contributed by atoms with Crippen molar-refractivity contribution in [1.82, 2.24) is 0 Å². The van der Waals surface area contributed by atoms with Crippen LogP contribution < -0.4 is 5.73 Å². The Labute approximate surface area is 97.8 Å². The summed E-state index contributed by atoms with van der Waals surface area (Å²) in [7, 11) is 2.01. The Morgan fingerprint density at radius 1 is 1.53 bits per heavy atom. The molecular formula is C12H15BNS. The molecule has 0 aliphatic carbocycles. The molecule has 77 valence electrons. The molecule has 15 heavy (non-hydrogen) atoms. The first-order valence-electron chi connectivity index (χ1n) is 4.77. The molecule has 3 heteroatoms. The zero-order chi connectivity index (χ0) is 11.4. The second-order valence-corrected chi connectivity index (χ2v) is 4.23. The van der Waals surface area contributed by atoms with E-state index in [4.69, 9.17) is 5.73 Å². The highest BCUT2D eigenvalue weighted by molar-refractivity contribution is 7.84. The zero-order valence-electron chi connectivity index (χ0n) is 9.12. The molecule has 0 amide bonds. The maximum absolute atomic E-state index is 5.76. The molecule has 2 N–H and O–H groups in total. The number of allylic oxidation sites excluding steroid dienone is 5. The van der Waals surface area contributed by atoms with E-state index in [1.54, 1.807) is 0 Å². The summed E-state index contributed by atoms with van der Waals surface area (Å²) in [6.45, 7) is 7.74. The molecule has 0 saturated heterocycles. The highest BCUT2D eigenvalue weighted by Gasteiger charge is 2.07. The molecule has 1 aliphatic heterocycles. The van der Waals surface area contributed by atoms with Crippen molar-refractivity contribution >= 4 is 19.9 Å². The summed E-state index contributed by atoms with van der Waals surface area (Å²) < 4.78 is 0. The van der Waals surface area contributed by atoms with Gasteiger partial charge in [-0.3, -0.25) is 0 Å². The summed E-state index contributed by atoms with van der Waals surface area (Å²) in [5, 5.41) is 0. The third-order valence-corrected chi connectivity index (χ3v) is 2.33. The Morgan fingerprint density at radius 2 is 2.20 bits per heavy atom. The summed E-state index contributed by atoms with van der Waals surface area (Å²) >= 11 is 4.25. The van der Waals surface area contributed by atoms with Crippen molar-refractivity contribution in [2.75, 3.05) is 0 Å². The van der Waals surface area contributed by atoms with E-state index in [0.29, 0.717) is 5.70 Å². The quantitative estimate of drug-likeness (QED) is 0.423. The van der Waals surface area contributed by atoms with Crippen molar-refractivity contribution in [3.05, 3.63) is 58.0 Å². The summed E-state index contributed by atoms with van der Waals surface area (Å²) in [5.74, 6) is 4.06. The van der Waals surface area contributed by atoms with Gasteiger partial charge in [0.15, 0.2) is 7.28 Å². The second-order valence-electron chi connectivity index (χ2n) is 3.52. The fourth-order valence-electron chi connectivity index (χ4n) is 1.43. The van der Waals surface area contributed by atoms with Gasteiger partial charge in [-0.05, 0) is 36.0 Å². The van der Waals surface area contributed by atoms with E-state index in [0.717, 1.165) is 16.1 Å². The van der Waals surface area contributed by atoms with Gasteiger partial charge in [0.2, 0.25) is 0 Å². The van der Waals surface area contributed by atoms with Gasteiger partial charge in [0.1, 0.15) is 0 Å². The minimum absolute atomic E-state index is 0.571. The Kier molecular flexibility index (Phi) is 4.10. The molecule has 0 aromatic rings. The van der Waals surface area contributed by atoms with Gasteiger partial charge in [-0.15, -0.1) is 24.6 Å². The molecule has 0 fully saturated rings. The smallest absolute Gasteiger partial charge is 0.172 e. The fourth-order valence-corrected chi connectivity index (χ4v) is 1.56. The first-order chi connectivity index (χ1) is 7.02. The molecule has 0 unspecified atom stereocenters. The molecule has 0 bridgehead atoms. The number of rotatable bonds is 3. The van der Waals surface area contributed by atoms with Gasteiger partial charge in [0.05, 0.1) is 0 Å². The minimum Gasteiger partial charge on any atom is -0.399 e. The maximum atomic E-state index is 5.76. The van der Waals surface area contributed by atoms with E-state index in [2.05, 4.69) is 31.3 Å². The van der Waals surface area contributed by atoms with Crippen LogP contribution in [0.25, 0.3) is 0 Å². The summed E-state index contributed by atoms with van der Waals surface area (Å²) in [5.41, 5.74) is 9.58. The number of hydrogen-bond acceptors (Lipinski definition) is 2. The van der Waals surface area contributed by atoms with E-state index >= 15 is 0 Å². The lowest BCUT2D eigenvalue weighted by Gasteiger charge is -2.09. The van der Waals surface area contributed by atoms with Crippen LogP contribution >= 0.6 is 12.6 Å². The molecule has 0 atom stereocenters. The summed E-state index contributed by atoms with van der Waals surface area (Å²) in [4.78, 5) is 0.919. The average molecular weight is 216 g/mol. The Bertz CT molecular complexity index is 396. The van der Waals surface area contributed by atoms with Crippen LogP contribution in [0.4, 0.5) is 0 Å². The molecule has 1 nitrogen and oxygen atoms in total. The van der Waals surface area contributed by atoms with Crippen LogP contribution in [0, 0.1) is 0 Å². The van der Waals surface area contributed by atoms with Crippen molar-refractivity contribution < 1.29 is 0 Å². The molecule has 1 heterocycles. The van der Waals surface area contributed by atoms with Gasteiger partial charge < -0.3 is 5.73 Å². The Balaban J connectivity index is 3.16. The predicted octanol–water partition coefficient (Wildman–Crippen LogP) is 2.72. The molecule has 0 spiro atoms. The second kappa shape index (κ2) is 5.12. The first-order valence-corrected chi connectivity index (χ1v) is 5.22. The van der Waals surface area contributed by atoms with Crippen molar-refractivity contribution in [2.45, 2.75) is 13.8 Å². The first kappa shape index (κ1) is 12.0. The maximum Gasteiger partial charge on any atom is 0.172 e. The van der Waals surface area contributed by atoms with E-state index in [1.165, 1.54) is 5.57 Å².